The Hall–Kier alpha value is -0.340. The Morgan fingerprint density at radius 1 is 1.24 bits per heavy atom. The fourth-order valence-electron chi connectivity index (χ4n) is 2.78. The number of hydrogen-bond acceptors (Lipinski definition) is 2. The summed E-state index contributed by atoms with van der Waals surface area (Å²) in [6.45, 7) is 6.92. The first-order valence-corrected chi connectivity index (χ1v) is 7.89. The third kappa shape index (κ3) is 3.82. The van der Waals surface area contributed by atoms with Crippen LogP contribution in [0.15, 0.2) is 12.1 Å². The molecule has 1 fully saturated rings. The van der Waals surface area contributed by atoms with E-state index in [2.05, 4.69) is 31.3 Å². The van der Waals surface area contributed by atoms with Gasteiger partial charge in [-0.15, -0.1) is 11.3 Å². The van der Waals surface area contributed by atoms with Gasteiger partial charge in [-0.05, 0) is 43.4 Å². The predicted molar refractivity (Wildman–Crippen MR) is 76.5 cm³/mol. The van der Waals surface area contributed by atoms with Crippen LogP contribution in [-0.2, 0) is 13.0 Å². The van der Waals surface area contributed by atoms with Gasteiger partial charge in [-0.1, -0.05) is 33.1 Å². The minimum atomic E-state index is 0.911. The van der Waals surface area contributed by atoms with Gasteiger partial charge in [0, 0.05) is 16.3 Å². The van der Waals surface area contributed by atoms with Crippen molar-refractivity contribution in [3.05, 3.63) is 21.9 Å². The molecular weight excluding hydrogens is 226 g/mol. The Bertz CT molecular complexity index is 331. The zero-order valence-electron chi connectivity index (χ0n) is 11.2. The highest BCUT2D eigenvalue weighted by Crippen LogP contribution is 2.29. The summed E-state index contributed by atoms with van der Waals surface area (Å²) in [6, 6.07) is 4.55. The second kappa shape index (κ2) is 6.55. The normalized spacial score (nSPS) is 25.1. The molecule has 96 valence electrons. The first-order chi connectivity index (χ1) is 8.29. The van der Waals surface area contributed by atoms with Crippen molar-refractivity contribution in [2.75, 3.05) is 6.54 Å². The molecule has 2 rings (SSSR count). The molecule has 1 aliphatic carbocycles. The molecule has 0 radical (unpaired) electrons. The lowest BCUT2D eigenvalue weighted by Crippen LogP contribution is -2.28. The molecular formula is C15H25NS. The molecule has 1 N–H and O–H groups in total. The zero-order valence-corrected chi connectivity index (χ0v) is 12.0. The fourth-order valence-corrected chi connectivity index (χ4v) is 3.71. The lowest BCUT2D eigenvalue weighted by Gasteiger charge is -2.28. The van der Waals surface area contributed by atoms with Crippen molar-refractivity contribution < 1.29 is 0 Å². The van der Waals surface area contributed by atoms with Crippen LogP contribution in [0, 0.1) is 11.8 Å². The highest BCUT2D eigenvalue weighted by Gasteiger charge is 2.20. The molecule has 0 aromatic carbocycles. The van der Waals surface area contributed by atoms with Crippen molar-refractivity contribution in [2.45, 2.75) is 52.5 Å². The van der Waals surface area contributed by atoms with E-state index in [-0.39, 0.29) is 0 Å². The molecule has 0 aliphatic heterocycles. The molecule has 1 aromatic rings. The second-order valence-corrected chi connectivity index (χ2v) is 6.63. The summed E-state index contributed by atoms with van der Waals surface area (Å²) < 4.78 is 0. The van der Waals surface area contributed by atoms with E-state index in [9.17, 15) is 0 Å². The topological polar surface area (TPSA) is 12.0 Å². The minimum Gasteiger partial charge on any atom is -0.312 e. The highest BCUT2D eigenvalue weighted by atomic mass is 32.1. The van der Waals surface area contributed by atoms with Gasteiger partial charge < -0.3 is 5.32 Å². The first kappa shape index (κ1) is 13.1. The van der Waals surface area contributed by atoms with Crippen LogP contribution >= 0.6 is 11.3 Å². The van der Waals surface area contributed by atoms with Gasteiger partial charge >= 0.3 is 0 Å². The maximum atomic E-state index is 3.65. The average molecular weight is 251 g/mol. The second-order valence-electron chi connectivity index (χ2n) is 5.37. The smallest absolute Gasteiger partial charge is 0.0299 e. The van der Waals surface area contributed by atoms with E-state index < -0.39 is 0 Å². The van der Waals surface area contributed by atoms with Crippen molar-refractivity contribution in [1.29, 1.82) is 0 Å². The Morgan fingerprint density at radius 2 is 2.00 bits per heavy atom. The van der Waals surface area contributed by atoms with Crippen LogP contribution in [0.3, 0.4) is 0 Å². The molecule has 2 unspecified atom stereocenters. The lowest BCUT2D eigenvalue weighted by molar-refractivity contribution is 0.248. The van der Waals surface area contributed by atoms with Crippen LogP contribution in [-0.4, -0.2) is 6.54 Å². The summed E-state index contributed by atoms with van der Waals surface area (Å²) in [7, 11) is 0. The molecule has 0 saturated heterocycles. The summed E-state index contributed by atoms with van der Waals surface area (Å²) in [5.41, 5.74) is 0. The van der Waals surface area contributed by atoms with E-state index in [4.69, 9.17) is 0 Å². The van der Waals surface area contributed by atoms with Crippen LogP contribution in [0.2, 0.25) is 0 Å². The minimum absolute atomic E-state index is 0.911. The summed E-state index contributed by atoms with van der Waals surface area (Å²) in [5, 5.41) is 3.65. The van der Waals surface area contributed by atoms with Gasteiger partial charge in [-0.2, -0.15) is 0 Å². The van der Waals surface area contributed by atoms with Crippen molar-refractivity contribution in [3.8, 4) is 0 Å². The van der Waals surface area contributed by atoms with Crippen molar-refractivity contribution >= 4 is 11.3 Å². The summed E-state index contributed by atoms with van der Waals surface area (Å²) in [5.74, 6) is 1.83. The summed E-state index contributed by atoms with van der Waals surface area (Å²) in [6.07, 6.45) is 6.92. The molecule has 2 atom stereocenters. The Labute approximate surface area is 110 Å². The third-order valence-corrected chi connectivity index (χ3v) is 5.29. The summed E-state index contributed by atoms with van der Waals surface area (Å²) >= 11 is 1.96. The summed E-state index contributed by atoms with van der Waals surface area (Å²) in [4.78, 5) is 3.00. The highest BCUT2D eigenvalue weighted by molar-refractivity contribution is 7.11. The van der Waals surface area contributed by atoms with E-state index >= 15 is 0 Å². The maximum absolute atomic E-state index is 3.65. The van der Waals surface area contributed by atoms with Crippen LogP contribution in [0.1, 0.15) is 49.3 Å². The molecule has 0 bridgehead atoms. The van der Waals surface area contributed by atoms with Crippen molar-refractivity contribution in [2.24, 2.45) is 11.8 Å². The van der Waals surface area contributed by atoms with Crippen LogP contribution < -0.4 is 5.32 Å². The zero-order chi connectivity index (χ0) is 12.1. The number of nitrogens with one attached hydrogen (secondary N) is 1. The van der Waals surface area contributed by atoms with E-state index in [1.54, 1.807) is 0 Å². The van der Waals surface area contributed by atoms with E-state index in [1.165, 1.54) is 48.4 Å². The molecule has 17 heavy (non-hydrogen) atoms. The van der Waals surface area contributed by atoms with Gasteiger partial charge in [0.25, 0.3) is 0 Å². The van der Waals surface area contributed by atoms with E-state index in [0.717, 1.165) is 18.4 Å². The average Bonchev–Trinajstić information content (AvgIpc) is 2.80. The number of thiophene rings is 1. The molecule has 1 saturated carbocycles. The van der Waals surface area contributed by atoms with Gasteiger partial charge in [0.1, 0.15) is 0 Å². The molecule has 1 nitrogen and oxygen atoms in total. The van der Waals surface area contributed by atoms with Gasteiger partial charge in [0.2, 0.25) is 0 Å². The SMILES string of the molecule is CCc1ccc(CNCC2CCCCC2C)s1. The number of rotatable bonds is 5. The molecule has 0 amide bonds. The predicted octanol–water partition coefficient (Wildman–Crippen LogP) is 4.23. The van der Waals surface area contributed by atoms with Crippen LogP contribution in [0.25, 0.3) is 0 Å². The molecule has 1 heterocycles. The lowest BCUT2D eigenvalue weighted by atomic mass is 9.80. The molecule has 1 aromatic heterocycles. The Balaban J connectivity index is 1.71. The standard InChI is InChI=1S/C15H25NS/c1-3-14-8-9-15(17-14)11-16-10-13-7-5-4-6-12(13)2/h8-9,12-13,16H,3-7,10-11H2,1-2H3. The first-order valence-electron chi connectivity index (χ1n) is 7.08. The van der Waals surface area contributed by atoms with Gasteiger partial charge in [0.15, 0.2) is 0 Å². The van der Waals surface area contributed by atoms with Crippen molar-refractivity contribution in [3.63, 3.8) is 0 Å². The number of hydrogen-bond donors (Lipinski definition) is 1. The van der Waals surface area contributed by atoms with Gasteiger partial charge in [-0.3, -0.25) is 0 Å². The Kier molecular flexibility index (Phi) is 5.05. The molecule has 2 heteroatoms. The largest absolute Gasteiger partial charge is 0.312 e. The third-order valence-electron chi connectivity index (χ3n) is 4.06. The molecule has 1 aliphatic rings. The van der Waals surface area contributed by atoms with E-state index in [0.29, 0.717) is 0 Å². The number of aryl methyl sites for hydroxylation is 1. The van der Waals surface area contributed by atoms with E-state index in [1.807, 2.05) is 11.3 Å². The van der Waals surface area contributed by atoms with Crippen molar-refractivity contribution in [1.82, 2.24) is 5.32 Å². The van der Waals surface area contributed by atoms with Crippen LogP contribution in [0.5, 0.6) is 0 Å². The van der Waals surface area contributed by atoms with Crippen LogP contribution in [0.4, 0.5) is 0 Å². The maximum Gasteiger partial charge on any atom is 0.0299 e. The van der Waals surface area contributed by atoms with Gasteiger partial charge in [0.05, 0.1) is 0 Å². The quantitative estimate of drug-likeness (QED) is 0.826. The fraction of sp³-hybridized carbons (Fsp3) is 0.733. The monoisotopic (exact) mass is 251 g/mol. The Morgan fingerprint density at radius 3 is 2.71 bits per heavy atom. The molecule has 0 spiro atoms. The van der Waals surface area contributed by atoms with Gasteiger partial charge in [-0.25, -0.2) is 0 Å².